The van der Waals surface area contributed by atoms with Crippen molar-refractivity contribution in [2.45, 2.75) is 26.3 Å². The Bertz CT molecular complexity index is 644. The number of nitrogens with zero attached hydrogens (tertiary/aromatic N) is 1. The second kappa shape index (κ2) is 8.72. The Kier molecular flexibility index (Phi) is 6.12. The predicted octanol–water partition coefficient (Wildman–Crippen LogP) is 3.00. The van der Waals surface area contributed by atoms with Gasteiger partial charge in [0.25, 0.3) is 5.91 Å². The molecule has 25 heavy (non-hydrogen) atoms. The number of amides is 1. The van der Waals surface area contributed by atoms with Gasteiger partial charge in [0.2, 0.25) is 0 Å². The molecule has 0 aliphatic carbocycles. The summed E-state index contributed by atoms with van der Waals surface area (Å²) in [7, 11) is 0. The van der Waals surface area contributed by atoms with Crippen molar-refractivity contribution in [1.82, 2.24) is 10.2 Å². The number of piperidine rings is 1. The first-order valence-corrected chi connectivity index (χ1v) is 8.90. The SMILES string of the molecule is Cc1ccc(OCC(=O)NCC2CCN(Cc3ccco3)CC2)cc1. The van der Waals surface area contributed by atoms with Crippen LogP contribution < -0.4 is 10.1 Å². The van der Waals surface area contributed by atoms with Crippen molar-refractivity contribution in [3.05, 3.63) is 54.0 Å². The maximum absolute atomic E-state index is 11.9. The quantitative estimate of drug-likeness (QED) is 0.840. The fraction of sp³-hybridized carbons (Fsp3) is 0.450. The summed E-state index contributed by atoms with van der Waals surface area (Å²) >= 11 is 0. The van der Waals surface area contributed by atoms with Crippen LogP contribution in [0.4, 0.5) is 0 Å². The van der Waals surface area contributed by atoms with Crippen LogP contribution in [-0.4, -0.2) is 37.0 Å². The summed E-state index contributed by atoms with van der Waals surface area (Å²) in [5.41, 5.74) is 1.18. The second-order valence-electron chi connectivity index (χ2n) is 6.70. The van der Waals surface area contributed by atoms with Crippen molar-refractivity contribution in [2.75, 3.05) is 26.2 Å². The Balaban J connectivity index is 1.31. The number of rotatable bonds is 7. The molecule has 5 nitrogen and oxygen atoms in total. The Morgan fingerprint density at radius 1 is 1.24 bits per heavy atom. The minimum absolute atomic E-state index is 0.0569. The highest BCUT2D eigenvalue weighted by atomic mass is 16.5. The van der Waals surface area contributed by atoms with E-state index in [1.54, 1.807) is 6.26 Å². The molecule has 134 valence electrons. The second-order valence-corrected chi connectivity index (χ2v) is 6.70. The summed E-state index contributed by atoms with van der Waals surface area (Å²) in [6, 6.07) is 11.7. The third kappa shape index (κ3) is 5.64. The number of nitrogens with one attached hydrogen (secondary N) is 1. The van der Waals surface area contributed by atoms with Crippen molar-refractivity contribution in [1.29, 1.82) is 0 Å². The molecule has 0 radical (unpaired) electrons. The Labute approximate surface area is 149 Å². The Morgan fingerprint density at radius 2 is 2.00 bits per heavy atom. The highest BCUT2D eigenvalue weighted by Gasteiger charge is 2.20. The number of ether oxygens (including phenoxy) is 1. The van der Waals surface area contributed by atoms with Gasteiger partial charge < -0.3 is 14.5 Å². The standard InChI is InChI=1S/C20H26N2O3/c1-16-4-6-18(7-5-16)25-15-20(23)21-13-17-8-10-22(11-9-17)14-19-3-2-12-24-19/h2-7,12,17H,8-11,13-15H2,1H3,(H,21,23). The number of furan rings is 1. The number of carbonyl (C=O) groups is 1. The van der Waals surface area contributed by atoms with Gasteiger partial charge in [-0.2, -0.15) is 0 Å². The van der Waals surface area contributed by atoms with E-state index < -0.39 is 0 Å². The van der Waals surface area contributed by atoms with E-state index in [9.17, 15) is 4.79 Å². The molecule has 1 amide bonds. The zero-order valence-corrected chi connectivity index (χ0v) is 14.7. The van der Waals surface area contributed by atoms with Gasteiger partial charge in [0, 0.05) is 6.54 Å². The van der Waals surface area contributed by atoms with E-state index in [2.05, 4.69) is 10.2 Å². The van der Waals surface area contributed by atoms with Gasteiger partial charge in [-0.3, -0.25) is 9.69 Å². The minimum atomic E-state index is -0.0569. The summed E-state index contributed by atoms with van der Waals surface area (Å²) in [5.74, 6) is 2.22. The molecule has 0 saturated carbocycles. The number of benzene rings is 1. The maximum atomic E-state index is 11.9. The largest absolute Gasteiger partial charge is 0.484 e. The summed E-state index contributed by atoms with van der Waals surface area (Å²) < 4.78 is 10.9. The van der Waals surface area contributed by atoms with E-state index in [4.69, 9.17) is 9.15 Å². The molecule has 1 aromatic carbocycles. The summed E-state index contributed by atoms with van der Waals surface area (Å²) in [4.78, 5) is 14.3. The van der Waals surface area contributed by atoms with Crippen LogP contribution in [0.5, 0.6) is 5.75 Å². The maximum Gasteiger partial charge on any atom is 0.257 e. The molecule has 1 aliphatic rings. The average molecular weight is 342 g/mol. The molecule has 1 fully saturated rings. The fourth-order valence-electron chi connectivity index (χ4n) is 3.06. The van der Waals surface area contributed by atoms with Gasteiger partial charge in [-0.15, -0.1) is 0 Å². The summed E-state index contributed by atoms with van der Waals surface area (Å²) in [6.07, 6.45) is 3.91. The molecule has 1 saturated heterocycles. The number of hydrogen-bond acceptors (Lipinski definition) is 4. The lowest BCUT2D eigenvalue weighted by molar-refractivity contribution is -0.123. The van der Waals surface area contributed by atoms with Gasteiger partial charge >= 0.3 is 0 Å². The van der Waals surface area contributed by atoms with Crippen LogP contribution in [0.25, 0.3) is 0 Å². The fourth-order valence-corrected chi connectivity index (χ4v) is 3.06. The normalized spacial score (nSPS) is 15.9. The summed E-state index contributed by atoms with van der Waals surface area (Å²) in [6.45, 7) is 5.78. The number of hydrogen-bond donors (Lipinski definition) is 1. The van der Waals surface area contributed by atoms with Crippen molar-refractivity contribution < 1.29 is 13.9 Å². The van der Waals surface area contributed by atoms with E-state index in [-0.39, 0.29) is 12.5 Å². The number of likely N-dealkylation sites (tertiary alicyclic amines) is 1. The van der Waals surface area contributed by atoms with Crippen molar-refractivity contribution >= 4 is 5.91 Å². The third-order valence-electron chi connectivity index (χ3n) is 4.65. The topological polar surface area (TPSA) is 54.7 Å². The van der Waals surface area contributed by atoms with Gasteiger partial charge in [-0.25, -0.2) is 0 Å². The van der Waals surface area contributed by atoms with Crippen LogP contribution in [0.3, 0.4) is 0 Å². The first kappa shape index (κ1) is 17.5. The van der Waals surface area contributed by atoms with Crippen molar-refractivity contribution in [3.63, 3.8) is 0 Å². The molecule has 3 rings (SSSR count). The summed E-state index contributed by atoms with van der Waals surface area (Å²) in [5, 5.41) is 2.99. The molecule has 1 N–H and O–H groups in total. The molecule has 2 aromatic rings. The molecular weight excluding hydrogens is 316 g/mol. The molecule has 0 unspecified atom stereocenters. The van der Waals surface area contributed by atoms with Gasteiger partial charge in [0.1, 0.15) is 11.5 Å². The third-order valence-corrected chi connectivity index (χ3v) is 4.65. The highest BCUT2D eigenvalue weighted by molar-refractivity contribution is 5.77. The van der Waals surface area contributed by atoms with E-state index in [1.165, 1.54) is 5.56 Å². The van der Waals surface area contributed by atoms with E-state index in [0.717, 1.165) is 50.5 Å². The van der Waals surface area contributed by atoms with Crippen LogP contribution in [0, 0.1) is 12.8 Å². The van der Waals surface area contributed by atoms with Gasteiger partial charge in [0.05, 0.1) is 12.8 Å². The molecular formula is C20H26N2O3. The smallest absolute Gasteiger partial charge is 0.257 e. The lowest BCUT2D eigenvalue weighted by Gasteiger charge is -2.31. The predicted molar refractivity (Wildman–Crippen MR) is 96.4 cm³/mol. The lowest BCUT2D eigenvalue weighted by atomic mass is 9.96. The van der Waals surface area contributed by atoms with Crippen LogP contribution in [-0.2, 0) is 11.3 Å². The molecule has 5 heteroatoms. The van der Waals surface area contributed by atoms with Gasteiger partial charge in [-0.1, -0.05) is 17.7 Å². The molecule has 0 spiro atoms. The Hall–Kier alpha value is -2.27. The van der Waals surface area contributed by atoms with Crippen LogP contribution in [0.2, 0.25) is 0 Å². The van der Waals surface area contributed by atoms with E-state index in [0.29, 0.717) is 5.92 Å². The number of aryl methyl sites for hydroxylation is 1. The monoisotopic (exact) mass is 342 g/mol. The van der Waals surface area contributed by atoms with Crippen molar-refractivity contribution in [3.8, 4) is 5.75 Å². The van der Waals surface area contributed by atoms with Crippen LogP contribution in [0.15, 0.2) is 47.1 Å². The zero-order chi connectivity index (χ0) is 17.5. The van der Waals surface area contributed by atoms with Crippen LogP contribution >= 0.6 is 0 Å². The molecule has 1 aromatic heterocycles. The molecule has 0 bridgehead atoms. The molecule has 2 heterocycles. The molecule has 1 aliphatic heterocycles. The first-order valence-electron chi connectivity index (χ1n) is 8.90. The lowest BCUT2D eigenvalue weighted by Crippen LogP contribution is -2.39. The molecule has 0 atom stereocenters. The van der Waals surface area contributed by atoms with Gasteiger partial charge in [0.15, 0.2) is 6.61 Å². The Morgan fingerprint density at radius 3 is 2.68 bits per heavy atom. The zero-order valence-electron chi connectivity index (χ0n) is 14.7. The van der Waals surface area contributed by atoms with Crippen LogP contribution in [0.1, 0.15) is 24.2 Å². The van der Waals surface area contributed by atoms with Crippen molar-refractivity contribution in [2.24, 2.45) is 5.92 Å². The van der Waals surface area contributed by atoms with E-state index in [1.807, 2.05) is 43.3 Å². The minimum Gasteiger partial charge on any atom is -0.484 e. The first-order chi connectivity index (χ1) is 12.2. The van der Waals surface area contributed by atoms with E-state index >= 15 is 0 Å². The van der Waals surface area contributed by atoms with Gasteiger partial charge in [-0.05, 0) is 63.0 Å². The number of carbonyl (C=O) groups excluding carboxylic acids is 1. The highest BCUT2D eigenvalue weighted by Crippen LogP contribution is 2.18. The average Bonchev–Trinajstić information content (AvgIpc) is 3.14.